The summed E-state index contributed by atoms with van der Waals surface area (Å²) in [4.78, 5) is 2.46. The van der Waals surface area contributed by atoms with Crippen LogP contribution in [0.1, 0.15) is 37.7 Å². The highest BCUT2D eigenvalue weighted by molar-refractivity contribution is 5.29. The number of nitrogens with zero attached hydrogens (tertiary/aromatic N) is 1. The summed E-state index contributed by atoms with van der Waals surface area (Å²) in [7, 11) is 2.23. The van der Waals surface area contributed by atoms with E-state index in [1.165, 1.54) is 50.8 Å². The summed E-state index contributed by atoms with van der Waals surface area (Å²) in [6.45, 7) is 2.38. The molecule has 2 fully saturated rings. The summed E-state index contributed by atoms with van der Waals surface area (Å²) in [5.74, 6) is 0.644. The Labute approximate surface area is 109 Å². The molecule has 2 heteroatoms. The van der Waals surface area contributed by atoms with Crippen molar-refractivity contribution in [1.82, 2.24) is 4.90 Å². The lowest BCUT2D eigenvalue weighted by molar-refractivity contribution is 0.0707. The molecule has 98 valence electrons. The second-order valence-electron chi connectivity index (χ2n) is 6.12. The Kier molecular flexibility index (Phi) is 3.14. The minimum Gasteiger partial charge on any atom is -0.306 e. The van der Waals surface area contributed by atoms with Gasteiger partial charge in [-0.1, -0.05) is 25.0 Å². The van der Waals surface area contributed by atoms with E-state index >= 15 is 0 Å². The third-order valence-electron chi connectivity index (χ3n) is 5.10. The van der Waals surface area contributed by atoms with Crippen LogP contribution in [-0.2, 0) is 5.41 Å². The molecule has 0 spiro atoms. The molecule has 0 radical (unpaired) electrons. The van der Waals surface area contributed by atoms with Gasteiger partial charge in [0, 0.05) is 12.0 Å². The molecule has 0 unspecified atom stereocenters. The maximum atomic E-state index is 13.1. The molecule has 1 aliphatic heterocycles. The first-order valence-corrected chi connectivity index (χ1v) is 7.15. The van der Waals surface area contributed by atoms with Crippen LogP contribution in [0.15, 0.2) is 24.3 Å². The maximum absolute atomic E-state index is 13.1. The second kappa shape index (κ2) is 4.65. The van der Waals surface area contributed by atoms with Crippen molar-refractivity contribution in [3.05, 3.63) is 35.6 Å². The minimum atomic E-state index is -0.115. The number of fused-ring (bicyclic) bond motifs is 1. The number of benzene rings is 1. The number of piperidine rings is 1. The fourth-order valence-electron chi connectivity index (χ4n) is 4.07. The van der Waals surface area contributed by atoms with Crippen molar-refractivity contribution < 1.29 is 4.39 Å². The van der Waals surface area contributed by atoms with Crippen LogP contribution >= 0.6 is 0 Å². The van der Waals surface area contributed by atoms with Crippen LogP contribution in [0.25, 0.3) is 0 Å². The molecule has 1 nitrogen and oxygen atoms in total. The van der Waals surface area contributed by atoms with Crippen molar-refractivity contribution in [2.24, 2.45) is 5.92 Å². The highest BCUT2D eigenvalue weighted by Gasteiger charge is 2.44. The van der Waals surface area contributed by atoms with Gasteiger partial charge in [-0.15, -0.1) is 0 Å². The van der Waals surface area contributed by atoms with Crippen molar-refractivity contribution >= 4 is 0 Å². The van der Waals surface area contributed by atoms with E-state index in [0.717, 1.165) is 5.92 Å². The molecule has 1 aromatic rings. The molecular weight excluding hydrogens is 225 g/mol. The Hall–Kier alpha value is -0.890. The molecule has 1 saturated heterocycles. The average Bonchev–Trinajstić information content (AvgIpc) is 2.39. The molecule has 0 bridgehead atoms. The summed E-state index contributed by atoms with van der Waals surface area (Å²) < 4.78 is 13.1. The first-order chi connectivity index (χ1) is 8.71. The van der Waals surface area contributed by atoms with Gasteiger partial charge < -0.3 is 4.90 Å². The maximum Gasteiger partial charge on any atom is 0.123 e. The van der Waals surface area contributed by atoms with Crippen molar-refractivity contribution in [1.29, 1.82) is 0 Å². The largest absolute Gasteiger partial charge is 0.306 e. The van der Waals surface area contributed by atoms with E-state index in [4.69, 9.17) is 0 Å². The monoisotopic (exact) mass is 247 g/mol. The molecule has 2 atom stereocenters. The predicted octanol–water partition coefficient (Wildman–Crippen LogP) is 3.59. The minimum absolute atomic E-state index is 0.115. The predicted molar refractivity (Wildman–Crippen MR) is 72.2 cm³/mol. The number of likely N-dealkylation sites (tertiary alicyclic amines) is 1. The zero-order chi connectivity index (χ0) is 12.6. The molecule has 1 heterocycles. The van der Waals surface area contributed by atoms with E-state index in [-0.39, 0.29) is 5.82 Å². The van der Waals surface area contributed by atoms with Gasteiger partial charge >= 0.3 is 0 Å². The normalized spacial score (nSPS) is 33.1. The van der Waals surface area contributed by atoms with Crippen LogP contribution in [0.5, 0.6) is 0 Å². The van der Waals surface area contributed by atoms with Gasteiger partial charge in [0.25, 0.3) is 0 Å². The number of rotatable bonds is 1. The standard InChI is InChI=1S/C16H22FN/c1-18-11-10-16(9-3-2-4-14(16)12-18)13-5-7-15(17)8-6-13/h5-8,14H,2-4,9-12H2,1H3/t14-,16+/m1/s1. The van der Waals surface area contributed by atoms with E-state index in [1.807, 2.05) is 12.1 Å². The van der Waals surface area contributed by atoms with Gasteiger partial charge in [-0.25, -0.2) is 4.39 Å². The zero-order valence-corrected chi connectivity index (χ0v) is 11.2. The third-order valence-corrected chi connectivity index (χ3v) is 5.10. The van der Waals surface area contributed by atoms with Crippen LogP contribution in [0.2, 0.25) is 0 Å². The Balaban J connectivity index is 1.96. The molecule has 18 heavy (non-hydrogen) atoms. The highest BCUT2D eigenvalue weighted by atomic mass is 19.1. The number of hydrogen-bond donors (Lipinski definition) is 0. The topological polar surface area (TPSA) is 3.24 Å². The molecule has 0 amide bonds. The van der Waals surface area contributed by atoms with Crippen LogP contribution in [0.3, 0.4) is 0 Å². The lowest BCUT2D eigenvalue weighted by Crippen LogP contribution is -2.50. The lowest BCUT2D eigenvalue weighted by atomic mass is 9.59. The van der Waals surface area contributed by atoms with Crippen molar-refractivity contribution in [2.75, 3.05) is 20.1 Å². The molecule has 3 rings (SSSR count). The molecule has 1 saturated carbocycles. The van der Waals surface area contributed by atoms with E-state index in [9.17, 15) is 4.39 Å². The van der Waals surface area contributed by atoms with Gasteiger partial charge in [-0.3, -0.25) is 0 Å². The first-order valence-electron chi connectivity index (χ1n) is 7.15. The fraction of sp³-hybridized carbons (Fsp3) is 0.625. The summed E-state index contributed by atoms with van der Waals surface area (Å²) in [6, 6.07) is 7.32. The Bertz CT molecular complexity index is 414. The quantitative estimate of drug-likeness (QED) is 0.733. The Morgan fingerprint density at radius 3 is 2.72 bits per heavy atom. The number of hydrogen-bond acceptors (Lipinski definition) is 1. The Morgan fingerprint density at radius 1 is 1.17 bits per heavy atom. The molecule has 0 N–H and O–H groups in total. The van der Waals surface area contributed by atoms with Gasteiger partial charge in [-0.05, 0) is 56.5 Å². The van der Waals surface area contributed by atoms with Gasteiger partial charge in [-0.2, -0.15) is 0 Å². The summed E-state index contributed by atoms with van der Waals surface area (Å²) in [5.41, 5.74) is 1.71. The van der Waals surface area contributed by atoms with E-state index < -0.39 is 0 Å². The van der Waals surface area contributed by atoms with Crippen LogP contribution < -0.4 is 0 Å². The molecule has 1 aliphatic carbocycles. The Morgan fingerprint density at radius 2 is 1.94 bits per heavy atom. The SMILES string of the molecule is CN1CC[C@]2(c3ccc(F)cc3)CCCC[C@@H]2C1. The summed E-state index contributed by atoms with van der Waals surface area (Å²) in [6.07, 6.45) is 6.55. The molecule has 2 aliphatic rings. The summed E-state index contributed by atoms with van der Waals surface area (Å²) >= 11 is 0. The van der Waals surface area contributed by atoms with Crippen molar-refractivity contribution in [3.63, 3.8) is 0 Å². The van der Waals surface area contributed by atoms with Gasteiger partial charge in [0.2, 0.25) is 0 Å². The average molecular weight is 247 g/mol. The van der Waals surface area contributed by atoms with E-state index in [0.29, 0.717) is 5.41 Å². The fourth-order valence-corrected chi connectivity index (χ4v) is 4.07. The van der Waals surface area contributed by atoms with Crippen LogP contribution in [0.4, 0.5) is 4.39 Å². The first kappa shape index (κ1) is 12.2. The van der Waals surface area contributed by atoms with Crippen molar-refractivity contribution in [3.8, 4) is 0 Å². The van der Waals surface area contributed by atoms with Crippen LogP contribution in [0, 0.1) is 11.7 Å². The van der Waals surface area contributed by atoms with E-state index in [1.54, 1.807) is 12.1 Å². The molecule has 0 aromatic heterocycles. The molecule has 1 aromatic carbocycles. The molecular formula is C16H22FN. The lowest BCUT2D eigenvalue weighted by Gasteiger charge is -2.50. The van der Waals surface area contributed by atoms with E-state index in [2.05, 4.69) is 11.9 Å². The van der Waals surface area contributed by atoms with Gasteiger partial charge in [0.15, 0.2) is 0 Å². The smallest absolute Gasteiger partial charge is 0.123 e. The van der Waals surface area contributed by atoms with Crippen molar-refractivity contribution in [2.45, 2.75) is 37.5 Å². The van der Waals surface area contributed by atoms with Gasteiger partial charge in [0.1, 0.15) is 5.82 Å². The summed E-state index contributed by atoms with van der Waals surface area (Å²) in [5, 5.41) is 0. The number of halogens is 1. The second-order valence-corrected chi connectivity index (χ2v) is 6.12. The van der Waals surface area contributed by atoms with Gasteiger partial charge in [0.05, 0.1) is 0 Å². The zero-order valence-electron chi connectivity index (χ0n) is 11.2. The third kappa shape index (κ3) is 1.97. The highest BCUT2D eigenvalue weighted by Crippen LogP contribution is 2.48. The van der Waals surface area contributed by atoms with Crippen LogP contribution in [-0.4, -0.2) is 25.0 Å².